The Balaban J connectivity index is 1.90. The van der Waals surface area contributed by atoms with Crippen LogP contribution in [0, 0.1) is 6.92 Å². The van der Waals surface area contributed by atoms with E-state index in [-0.39, 0.29) is 21.9 Å². The SMILES string of the molecule is CCn1ncc(-c2cc(C(F)F)nc3sc(C(N)=O)c(NC(=O)Cn4cc(Cl)cn4)c23)c1C. The third-order valence-corrected chi connectivity index (χ3v) is 6.29. The van der Waals surface area contributed by atoms with Crippen molar-refractivity contribution < 1.29 is 18.4 Å². The third-order valence-electron chi connectivity index (χ3n) is 4.99. The van der Waals surface area contributed by atoms with E-state index < -0.39 is 23.9 Å². The van der Waals surface area contributed by atoms with E-state index in [0.29, 0.717) is 28.1 Å². The summed E-state index contributed by atoms with van der Waals surface area (Å²) in [5.74, 6) is -1.33. The molecule has 0 spiro atoms. The second-order valence-corrected chi connectivity index (χ2v) is 8.55. The number of primary amides is 1. The molecule has 4 aromatic rings. The van der Waals surface area contributed by atoms with Crippen LogP contribution >= 0.6 is 22.9 Å². The first-order valence-electron chi connectivity index (χ1n) is 9.75. The predicted molar refractivity (Wildman–Crippen MR) is 121 cm³/mol. The minimum atomic E-state index is -2.84. The molecule has 0 saturated heterocycles. The number of aromatic nitrogens is 5. The van der Waals surface area contributed by atoms with Crippen molar-refractivity contribution in [3.05, 3.63) is 45.9 Å². The highest BCUT2D eigenvalue weighted by Crippen LogP contribution is 2.43. The maximum atomic E-state index is 13.6. The zero-order valence-electron chi connectivity index (χ0n) is 17.5. The molecule has 0 saturated carbocycles. The van der Waals surface area contributed by atoms with E-state index in [1.807, 2.05) is 6.92 Å². The third kappa shape index (κ3) is 4.31. The monoisotopic (exact) mass is 493 g/mol. The number of pyridine rings is 1. The summed E-state index contributed by atoms with van der Waals surface area (Å²) < 4.78 is 30.3. The number of fused-ring (bicyclic) bond motifs is 1. The largest absolute Gasteiger partial charge is 0.365 e. The highest BCUT2D eigenvalue weighted by molar-refractivity contribution is 7.21. The zero-order chi connectivity index (χ0) is 23.9. The molecule has 0 aromatic carbocycles. The van der Waals surface area contributed by atoms with Crippen LogP contribution in [0.2, 0.25) is 5.02 Å². The van der Waals surface area contributed by atoms with Crippen LogP contribution in [0.15, 0.2) is 24.7 Å². The Kier molecular flexibility index (Phi) is 6.13. The van der Waals surface area contributed by atoms with E-state index >= 15 is 0 Å². The summed E-state index contributed by atoms with van der Waals surface area (Å²) in [4.78, 5) is 29.1. The molecule has 0 radical (unpaired) electrons. The highest BCUT2D eigenvalue weighted by Gasteiger charge is 2.26. The Morgan fingerprint density at radius 2 is 2.03 bits per heavy atom. The molecule has 0 atom stereocenters. The van der Waals surface area contributed by atoms with Crippen molar-refractivity contribution in [1.29, 1.82) is 0 Å². The van der Waals surface area contributed by atoms with E-state index in [4.69, 9.17) is 17.3 Å². The number of halogens is 3. The number of hydrogen-bond acceptors (Lipinski definition) is 6. The molecule has 0 aliphatic heterocycles. The normalized spacial score (nSPS) is 11.5. The number of thiophene rings is 1. The Labute approximate surface area is 195 Å². The van der Waals surface area contributed by atoms with Gasteiger partial charge in [0.1, 0.15) is 21.9 Å². The Morgan fingerprint density at radius 3 is 2.61 bits per heavy atom. The van der Waals surface area contributed by atoms with E-state index in [1.165, 1.54) is 23.1 Å². The van der Waals surface area contributed by atoms with Crippen LogP contribution in [0.3, 0.4) is 0 Å². The minimum absolute atomic E-state index is 0.00227. The number of hydrogen-bond donors (Lipinski definition) is 2. The molecule has 13 heteroatoms. The van der Waals surface area contributed by atoms with E-state index in [9.17, 15) is 18.4 Å². The lowest BCUT2D eigenvalue weighted by Gasteiger charge is -2.11. The first-order chi connectivity index (χ1) is 15.7. The van der Waals surface area contributed by atoms with Gasteiger partial charge in [-0.05, 0) is 25.5 Å². The van der Waals surface area contributed by atoms with Crippen LogP contribution in [0.5, 0.6) is 0 Å². The quantitative estimate of drug-likeness (QED) is 0.403. The molecule has 2 amide bonds. The molecule has 33 heavy (non-hydrogen) atoms. The van der Waals surface area contributed by atoms with Crippen LogP contribution in [-0.4, -0.2) is 36.4 Å². The molecule has 0 aliphatic rings. The van der Waals surface area contributed by atoms with Gasteiger partial charge in [-0.15, -0.1) is 11.3 Å². The van der Waals surface area contributed by atoms with Crippen LogP contribution in [0.25, 0.3) is 21.3 Å². The lowest BCUT2D eigenvalue weighted by Crippen LogP contribution is -2.21. The highest BCUT2D eigenvalue weighted by atomic mass is 35.5. The number of alkyl halides is 2. The summed E-state index contributed by atoms with van der Waals surface area (Å²) in [5.41, 5.74) is 6.88. The van der Waals surface area contributed by atoms with Gasteiger partial charge >= 0.3 is 0 Å². The standard InChI is InChI=1S/C20H18ClF2N7O2S/c1-3-30-9(2)12(6-26-30)11-4-13(18(22)23)27-20-15(11)16(17(33-20)19(24)32)28-14(31)8-29-7-10(21)5-25-29/h4-7,18H,3,8H2,1-2H3,(H2,24,32)(H,28,31). The van der Waals surface area contributed by atoms with Gasteiger partial charge in [0.2, 0.25) is 5.91 Å². The van der Waals surface area contributed by atoms with Crippen molar-refractivity contribution >= 4 is 50.7 Å². The molecule has 4 heterocycles. The lowest BCUT2D eigenvalue weighted by atomic mass is 10.0. The smallest absolute Gasteiger partial charge is 0.280 e. The van der Waals surface area contributed by atoms with Crippen molar-refractivity contribution in [2.75, 3.05) is 5.32 Å². The molecule has 3 N–H and O–H groups in total. The van der Waals surface area contributed by atoms with Crippen molar-refractivity contribution in [3.63, 3.8) is 0 Å². The summed E-state index contributed by atoms with van der Waals surface area (Å²) in [6, 6.07) is 1.25. The van der Waals surface area contributed by atoms with Crippen molar-refractivity contribution in [3.8, 4) is 11.1 Å². The van der Waals surface area contributed by atoms with Crippen molar-refractivity contribution in [1.82, 2.24) is 24.5 Å². The van der Waals surface area contributed by atoms with E-state index in [2.05, 4.69) is 20.5 Å². The molecule has 9 nitrogen and oxygen atoms in total. The van der Waals surface area contributed by atoms with Gasteiger partial charge in [0.15, 0.2) is 0 Å². The van der Waals surface area contributed by atoms with Gasteiger partial charge in [-0.25, -0.2) is 13.8 Å². The van der Waals surface area contributed by atoms with Gasteiger partial charge < -0.3 is 11.1 Å². The Hall–Kier alpha value is -3.38. The van der Waals surface area contributed by atoms with Crippen molar-refractivity contribution in [2.45, 2.75) is 33.4 Å². The summed E-state index contributed by atoms with van der Waals surface area (Å²) in [6.07, 6.45) is 1.57. The number of anilines is 1. The average Bonchev–Trinajstić information content (AvgIpc) is 3.44. The van der Waals surface area contributed by atoms with Gasteiger partial charge in [0.05, 0.1) is 23.1 Å². The van der Waals surface area contributed by atoms with Gasteiger partial charge in [-0.1, -0.05) is 11.6 Å². The second kappa shape index (κ2) is 8.87. The fourth-order valence-electron chi connectivity index (χ4n) is 3.51. The first-order valence-corrected chi connectivity index (χ1v) is 10.9. The number of nitrogens with two attached hydrogens (primary N) is 1. The topological polar surface area (TPSA) is 121 Å². The minimum Gasteiger partial charge on any atom is -0.365 e. The van der Waals surface area contributed by atoms with Crippen LogP contribution in [0.4, 0.5) is 14.5 Å². The number of aryl methyl sites for hydroxylation is 1. The molecule has 0 unspecified atom stereocenters. The zero-order valence-corrected chi connectivity index (χ0v) is 19.0. The predicted octanol–water partition coefficient (Wildman–Crippen LogP) is 4.01. The molecule has 172 valence electrons. The molecule has 0 fully saturated rings. The number of nitrogens with one attached hydrogen (secondary N) is 1. The molecule has 4 aromatic heterocycles. The number of carbonyl (C=O) groups is 2. The number of amides is 2. The van der Waals surface area contributed by atoms with E-state index in [0.717, 1.165) is 17.0 Å². The van der Waals surface area contributed by atoms with Gasteiger partial charge in [0, 0.05) is 29.4 Å². The van der Waals surface area contributed by atoms with Crippen molar-refractivity contribution in [2.24, 2.45) is 5.73 Å². The van der Waals surface area contributed by atoms with Crippen LogP contribution in [0.1, 0.15) is 34.4 Å². The lowest BCUT2D eigenvalue weighted by molar-refractivity contribution is -0.116. The summed E-state index contributed by atoms with van der Waals surface area (Å²) in [6.45, 7) is 4.10. The summed E-state index contributed by atoms with van der Waals surface area (Å²) in [5, 5.41) is 11.6. The molecule has 0 bridgehead atoms. The fraction of sp³-hybridized carbons (Fsp3) is 0.250. The van der Waals surface area contributed by atoms with Crippen LogP contribution < -0.4 is 11.1 Å². The van der Waals surface area contributed by atoms with Gasteiger partial charge in [-0.3, -0.25) is 19.0 Å². The summed E-state index contributed by atoms with van der Waals surface area (Å²) in [7, 11) is 0. The Morgan fingerprint density at radius 1 is 1.27 bits per heavy atom. The molecular formula is C20H18ClF2N7O2S. The van der Waals surface area contributed by atoms with E-state index in [1.54, 1.807) is 17.8 Å². The maximum absolute atomic E-state index is 13.6. The second-order valence-electron chi connectivity index (χ2n) is 7.11. The van der Waals surface area contributed by atoms with Gasteiger partial charge in [-0.2, -0.15) is 10.2 Å². The van der Waals surface area contributed by atoms with Gasteiger partial charge in [0.25, 0.3) is 12.3 Å². The summed E-state index contributed by atoms with van der Waals surface area (Å²) >= 11 is 6.68. The fourth-order valence-corrected chi connectivity index (χ4v) is 4.69. The molecular weight excluding hydrogens is 476 g/mol. The van der Waals surface area contributed by atoms with Crippen LogP contribution in [-0.2, 0) is 17.9 Å². The molecule has 4 rings (SSSR count). The Bertz CT molecular complexity index is 1380. The first kappa shape index (κ1) is 22.8. The number of carbonyl (C=O) groups excluding carboxylic acids is 2. The number of rotatable bonds is 7. The maximum Gasteiger partial charge on any atom is 0.280 e. The number of nitrogens with zero attached hydrogens (tertiary/aromatic N) is 5. The average molecular weight is 494 g/mol. The molecule has 0 aliphatic carbocycles.